The standard InChI is InChI=1S/C7H10N2O3/c8-7(10)9(11)4-3-6-2-1-5-12-6/h1-2,5,11H,3-4H2,(H2,8,10). The average Bonchev–Trinajstić information content (AvgIpc) is 2.51. The molecule has 5 heteroatoms. The van der Waals surface area contributed by atoms with E-state index < -0.39 is 6.03 Å². The zero-order valence-corrected chi connectivity index (χ0v) is 6.43. The van der Waals surface area contributed by atoms with E-state index in [1.54, 1.807) is 12.1 Å². The molecule has 1 heterocycles. The number of carbonyl (C=O) groups excluding carboxylic acids is 1. The van der Waals surface area contributed by atoms with Gasteiger partial charge in [-0.2, -0.15) is 0 Å². The van der Waals surface area contributed by atoms with Crippen LogP contribution in [-0.4, -0.2) is 22.8 Å². The minimum atomic E-state index is -0.860. The number of nitrogens with zero attached hydrogens (tertiary/aromatic N) is 1. The SMILES string of the molecule is NC(=O)N(O)CCc1ccco1. The van der Waals surface area contributed by atoms with Crippen LogP contribution in [0.3, 0.4) is 0 Å². The summed E-state index contributed by atoms with van der Waals surface area (Å²) in [7, 11) is 0. The summed E-state index contributed by atoms with van der Waals surface area (Å²) < 4.78 is 4.97. The van der Waals surface area contributed by atoms with E-state index >= 15 is 0 Å². The molecule has 12 heavy (non-hydrogen) atoms. The molecule has 3 N–H and O–H groups in total. The van der Waals surface area contributed by atoms with E-state index in [-0.39, 0.29) is 6.54 Å². The molecule has 0 aliphatic heterocycles. The van der Waals surface area contributed by atoms with Crippen LogP contribution in [0.5, 0.6) is 0 Å². The number of amides is 2. The molecule has 0 aliphatic rings. The Balaban J connectivity index is 2.31. The van der Waals surface area contributed by atoms with Gasteiger partial charge in [-0.15, -0.1) is 0 Å². The summed E-state index contributed by atoms with van der Waals surface area (Å²) in [6, 6.07) is 2.64. The van der Waals surface area contributed by atoms with Gasteiger partial charge in [0.05, 0.1) is 12.8 Å². The van der Waals surface area contributed by atoms with Gasteiger partial charge in [0.2, 0.25) is 0 Å². The summed E-state index contributed by atoms with van der Waals surface area (Å²) in [5, 5.41) is 9.29. The van der Waals surface area contributed by atoms with E-state index in [4.69, 9.17) is 15.4 Å². The summed E-state index contributed by atoms with van der Waals surface area (Å²) in [5.41, 5.74) is 4.78. The molecule has 0 unspecified atom stereocenters. The van der Waals surface area contributed by atoms with Crippen LogP contribution in [0.4, 0.5) is 4.79 Å². The van der Waals surface area contributed by atoms with E-state index in [0.717, 1.165) is 0 Å². The Kier molecular flexibility index (Phi) is 2.71. The number of rotatable bonds is 3. The largest absolute Gasteiger partial charge is 0.469 e. The van der Waals surface area contributed by atoms with E-state index in [1.807, 2.05) is 0 Å². The first kappa shape index (κ1) is 8.61. The van der Waals surface area contributed by atoms with Crippen molar-refractivity contribution in [3.05, 3.63) is 24.2 Å². The lowest BCUT2D eigenvalue weighted by Crippen LogP contribution is -2.34. The predicted octanol–water partition coefficient (Wildman–Crippen LogP) is 0.592. The third kappa shape index (κ3) is 2.28. The Morgan fingerprint density at radius 3 is 3.00 bits per heavy atom. The molecule has 0 fully saturated rings. The van der Waals surface area contributed by atoms with Crippen molar-refractivity contribution in [2.45, 2.75) is 6.42 Å². The number of hydroxylamine groups is 2. The second-order valence-corrected chi connectivity index (χ2v) is 2.29. The Labute approximate surface area is 69.3 Å². The van der Waals surface area contributed by atoms with Crippen LogP contribution in [-0.2, 0) is 6.42 Å². The molecular weight excluding hydrogens is 160 g/mol. The second-order valence-electron chi connectivity index (χ2n) is 2.29. The molecule has 1 rings (SSSR count). The minimum Gasteiger partial charge on any atom is -0.469 e. The van der Waals surface area contributed by atoms with Crippen molar-refractivity contribution in [3.8, 4) is 0 Å². The third-order valence-corrected chi connectivity index (χ3v) is 1.40. The topological polar surface area (TPSA) is 79.7 Å². The average molecular weight is 170 g/mol. The third-order valence-electron chi connectivity index (χ3n) is 1.40. The number of hydrogen-bond acceptors (Lipinski definition) is 3. The molecule has 5 nitrogen and oxygen atoms in total. The maximum absolute atomic E-state index is 10.3. The number of hydrogen-bond donors (Lipinski definition) is 2. The van der Waals surface area contributed by atoms with Crippen molar-refractivity contribution in [2.75, 3.05) is 6.54 Å². The Morgan fingerprint density at radius 1 is 1.75 bits per heavy atom. The van der Waals surface area contributed by atoms with Crippen LogP contribution in [0.1, 0.15) is 5.76 Å². The van der Waals surface area contributed by atoms with E-state index in [0.29, 0.717) is 17.2 Å². The van der Waals surface area contributed by atoms with Crippen molar-refractivity contribution in [2.24, 2.45) is 5.73 Å². The molecule has 0 atom stereocenters. The lowest BCUT2D eigenvalue weighted by molar-refractivity contribution is -0.0390. The maximum Gasteiger partial charge on any atom is 0.338 e. The quantitative estimate of drug-likeness (QED) is 0.514. The van der Waals surface area contributed by atoms with Crippen LogP contribution in [0.15, 0.2) is 22.8 Å². The fraction of sp³-hybridized carbons (Fsp3) is 0.286. The van der Waals surface area contributed by atoms with Crippen molar-refractivity contribution in [1.82, 2.24) is 5.06 Å². The highest BCUT2D eigenvalue weighted by molar-refractivity contribution is 5.70. The smallest absolute Gasteiger partial charge is 0.338 e. The van der Waals surface area contributed by atoms with Gasteiger partial charge in [-0.1, -0.05) is 0 Å². The number of furan rings is 1. The number of urea groups is 1. The van der Waals surface area contributed by atoms with Gasteiger partial charge in [0.25, 0.3) is 0 Å². The lowest BCUT2D eigenvalue weighted by Gasteiger charge is -2.09. The first-order chi connectivity index (χ1) is 5.70. The molecule has 0 bridgehead atoms. The second kappa shape index (κ2) is 3.77. The van der Waals surface area contributed by atoms with Gasteiger partial charge in [0.1, 0.15) is 5.76 Å². The molecule has 1 aromatic heterocycles. The monoisotopic (exact) mass is 170 g/mol. The molecule has 0 spiro atoms. The number of primary amides is 1. The minimum absolute atomic E-state index is 0.142. The van der Waals surface area contributed by atoms with E-state index in [2.05, 4.69) is 0 Å². The first-order valence-electron chi connectivity index (χ1n) is 3.48. The number of nitrogens with two attached hydrogens (primary N) is 1. The van der Waals surface area contributed by atoms with Crippen molar-refractivity contribution in [1.29, 1.82) is 0 Å². The maximum atomic E-state index is 10.3. The molecule has 66 valence electrons. The van der Waals surface area contributed by atoms with Crippen molar-refractivity contribution >= 4 is 6.03 Å². The number of carbonyl (C=O) groups is 1. The fourth-order valence-electron chi connectivity index (χ4n) is 0.781. The van der Waals surface area contributed by atoms with Gasteiger partial charge in [0, 0.05) is 6.42 Å². The molecule has 0 radical (unpaired) electrons. The predicted molar refractivity (Wildman–Crippen MR) is 40.5 cm³/mol. The van der Waals surface area contributed by atoms with Crippen LogP contribution in [0.2, 0.25) is 0 Å². The normalized spacial score (nSPS) is 9.75. The Hall–Kier alpha value is -1.49. The van der Waals surface area contributed by atoms with Crippen molar-refractivity contribution < 1.29 is 14.4 Å². The van der Waals surface area contributed by atoms with E-state index in [9.17, 15) is 4.79 Å². The zero-order valence-electron chi connectivity index (χ0n) is 6.43. The summed E-state index contributed by atoms with van der Waals surface area (Å²) in [5.74, 6) is 0.704. The summed E-state index contributed by atoms with van der Waals surface area (Å²) >= 11 is 0. The fourth-order valence-corrected chi connectivity index (χ4v) is 0.781. The molecule has 0 saturated carbocycles. The van der Waals surface area contributed by atoms with Crippen LogP contribution < -0.4 is 5.73 Å². The van der Waals surface area contributed by atoms with E-state index in [1.165, 1.54) is 6.26 Å². The van der Waals surface area contributed by atoms with Crippen LogP contribution in [0.25, 0.3) is 0 Å². The highest BCUT2D eigenvalue weighted by atomic mass is 16.5. The molecular formula is C7H10N2O3. The highest BCUT2D eigenvalue weighted by Crippen LogP contribution is 2.01. The molecule has 1 aromatic rings. The van der Waals surface area contributed by atoms with Gasteiger partial charge < -0.3 is 10.2 Å². The van der Waals surface area contributed by atoms with Gasteiger partial charge in [-0.05, 0) is 12.1 Å². The first-order valence-corrected chi connectivity index (χ1v) is 3.48. The van der Waals surface area contributed by atoms with Gasteiger partial charge in [-0.3, -0.25) is 5.21 Å². The molecule has 0 saturated heterocycles. The highest BCUT2D eigenvalue weighted by Gasteiger charge is 2.05. The Bertz CT molecular complexity index is 245. The lowest BCUT2D eigenvalue weighted by atomic mass is 10.3. The van der Waals surface area contributed by atoms with Crippen LogP contribution in [0, 0.1) is 0 Å². The molecule has 2 amide bonds. The molecule has 0 aliphatic carbocycles. The van der Waals surface area contributed by atoms with Gasteiger partial charge in [0.15, 0.2) is 0 Å². The van der Waals surface area contributed by atoms with Crippen LogP contribution >= 0.6 is 0 Å². The Morgan fingerprint density at radius 2 is 2.50 bits per heavy atom. The van der Waals surface area contributed by atoms with Crippen molar-refractivity contribution in [3.63, 3.8) is 0 Å². The summed E-state index contributed by atoms with van der Waals surface area (Å²) in [4.78, 5) is 10.3. The van der Waals surface area contributed by atoms with Gasteiger partial charge >= 0.3 is 6.03 Å². The van der Waals surface area contributed by atoms with Gasteiger partial charge in [-0.25, -0.2) is 9.86 Å². The summed E-state index contributed by atoms with van der Waals surface area (Å²) in [6.07, 6.45) is 1.98. The molecule has 0 aromatic carbocycles. The summed E-state index contributed by atoms with van der Waals surface area (Å²) in [6.45, 7) is 0.142. The zero-order chi connectivity index (χ0) is 8.97.